The van der Waals surface area contributed by atoms with Gasteiger partial charge >= 0.3 is 0 Å². The highest BCUT2D eigenvalue weighted by Gasteiger charge is 2.26. The van der Waals surface area contributed by atoms with Crippen LogP contribution in [0.4, 0.5) is 0 Å². The Bertz CT molecular complexity index is 458. The van der Waals surface area contributed by atoms with Crippen LogP contribution in [0.1, 0.15) is 35.1 Å². The van der Waals surface area contributed by atoms with E-state index >= 15 is 0 Å². The molecule has 1 aliphatic rings. The first-order valence-corrected chi connectivity index (χ1v) is 7.37. The third kappa shape index (κ3) is 3.04. The second kappa shape index (κ2) is 6.41. The molecule has 1 aliphatic heterocycles. The number of nitrogens with zero attached hydrogens (tertiary/aromatic N) is 2. The lowest BCUT2D eigenvalue weighted by Gasteiger charge is -2.38. The lowest BCUT2D eigenvalue weighted by Crippen LogP contribution is -2.52. The molecule has 0 spiro atoms. The maximum Gasteiger partial charge on any atom is 0.270 e. The zero-order valence-corrected chi connectivity index (χ0v) is 12.6. The molecule has 112 valence electrons. The zero-order valence-electron chi connectivity index (χ0n) is 12.6. The van der Waals surface area contributed by atoms with E-state index in [1.54, 1.807) is 0 Å². The van der Waals surface area contributed by atoms with E-state index in [1.807, 2.05) is 24.8 Å². The van der Waals surface area contributed by atoms with Crippen LogP contribution in [0.5, 0.6) is 0 Å². The van der Waals surface area contributed by atoms with E-state index in [9.17, 15) is 9.90 Å². The minimum absolute atomic E-state index is 0.0901. The Labute approximate surface area is 120 Å². The number of hydrogen-bond donors (Lipinski definition) is 2. The van der Waals surface area contributed by atoms with Gasteiger partial charge in [-0.05, 0) is 31.9 Å². The Hall–Kier alpha value is -1.33. The van der Waals surface area contributed by atoms with Crippen molar-refractivity contribution in [1.29, 1.82) is 0 Å². The van der Waals surface area contributed by atoms with Crippen LogP contribution in [-0.4, -0.2) is 64.6 Å². The molecule has 5 heteroatoms. The van der Waals surface area contributed by atoms with E-state index in [4.69, 9.17) is 0 Å². The van der Waals surface area contributed by atoms with Gasteiger partial charge < -0.3 is 15.0 Å². The average Bonchev–Trinajstić information content (AvgIpc) is 2.79. The highest BCUT2D eigenvalue weighted by Crippen LogP contribution is 2.15. The van der Waals surface area contributed by atoms with E-state index in [0.717, 1.165) is 43.9 Å². The van der Waals surface area contributed by atoms with Gasteiger partial charge in [0.25, 0.3) is 5.91 Å². The maximum atomic E-state index is 12.5. The van der Waals surface area contributed by atoms with Crippen molar-refractivity contribution in [3.63, 3.8) is 0 Å². The normalized spacial score (nSPS) is 18.3. The standard InChI is InChI=1S/C15H25N3O2/c1-4-13(10-19)17-5-7-18(8-6-17)15(20)14-11(2)9-12(3)16-14/h9,13,16,19H,4-8,10H2,1-3H3. The molecule has 1 aromatic heterocycles. The number of hydrogen-bond acceptors (Lipinski definition) is 3. The number of carbonyl (C=O) groups excluding carboxylic acids is 1. The maximum absolute atomic E-state index is 12.5. The number of aliphatic hydroxyl groups is 1. The Kier molecular flexibility index (Phi) is 4.83. The number of carbonyl (C=O) groups is 1. The number of aromatic amines is 1. The number of amides is 1. The van der Waals surface area contributed by atoms with E-state index < -0.39 is 0 Å². The molecule has 2 N–H and O–H groups in total. The zero-order chi connectivity index (χ0) is 14.7. The van der Waals surface area contributed by atoms with Crippen LogP contribution < -0.4 is 0 Å². The van der Waals surface area contributed by atoms with Crippen molar-refractivity contribution < 1.29 is 9.90 Å². The van der Waals surface area contributed by atoms with Crippen LogP contribution in [-0.2, 0) is 0 Å². The number of aliphatic hydroxyl groups excluding tert-OH is 1. The summed E-state index contributed by atoms with van der Waals surface area (Å²) in [6.45, 7) is 9.34. The number of aromatic nitrogens is 1. The molecule has 1 amide bonds. The second-order valence-electron chi connectivity index (χ2n) is 5.58. The highest BCUT2D eigenvalue weighted by molar-refractivity contribution is 5.94. The van der Waals surface area contributed by atoms with Crippen molar-refractivity contribution in [2.45, 2.75) is 33.2 Å². The molecule has 0 saturated carbocycles. The Morgan fingerprint density at radius 3 is 2.45 bits per heavy atom. The van der Waals surface area contributed by atoms with Crippen LogP contribution in [0, 0.1) is 13.8 Å². The molecule has 2 heterocycles. The molecule has 0 bridgehead atoms. The topological polar surface area (TPSA) is 59.6 Å². The van der Waals surface area contributed by atoms with Gasteiger partial charge in [0.2, 0.25) is 0 Å². The third-order valence-electron chi connectivity index (χ3n) is 4.16. The summed E-state index contributed by atoms with van der Waals surface area (Å²) < 4.78 is 0. The molecule has 1 fully saturated rings. The third-order valence-corrected chi connectivity index (χ3v) is 4.16. The monoisotopic (exact) mass is 279 g/mol. The molecule has 1 aromatic rings. The highest BCUT2D eigenvalue weighted by atomic mass is 16.3. The van der Waals surface area contributed by atoms with Gasteiger partial charge in [0.05, 0.1) is 6.61 Å². The Morgan fingerprint density at radius 1 is 1.35 bits per heavy atom. The molecule has 0 radical (unpaired) electrons. The first kappa shape index (κ1) is 15.1. The van der Waals surface area contributed by atoms with Crippen molar-refractivity contribution in [1.82, 2.24) is 14.8 Å². The molecule has 0 aliphatic carbocycles. The minimum Gasteiger partial charge on any atom is -0.395 e. The summed E-state index contributed by atoms with van der Waals surface area (Å²) >= 11 is 0. The second-order valence-corrected chi connectivity index (χ2v) is 5.58. The van der Waals surface area contributed by atoms with Gasteiger partial charge in [-0.3, -0.25) is 9.69 Å². The van der Waals surface area contributed by atoms with E-state index in [-0.39, 0.29) is 18.6 Å². The first-order chi connectivity index (χ1) is 9.56. The Morgan fingerprint density at radius 2 is 2.00 bits per heavy atom. The summed E-state index contributed by atoms with van der Waals surface area (Å²) in [5.74, 6) is 0.0901. The van der Waals surface area contributed by atoms with Gasteiger partial charge in [-0.15, -0.1) is 0 Å². The molecule has 5 nitrogen and oxygen atoms in total. The summed E-state index contributed by atoms with van der Waals surface area (Å²) in [5.41, 5.74) is 2.75. The van der Waals surface area contributed by atoms with Gasteiger partial charge in [-0.2, -0.15) is 0 Å². The van der Waals surface area contributed by atoms with Gasteiger partial charge in [0.15, 0.2) is 0 Å². The molecule has 20 heavy (non-hydrogen) atoms. The van der Waals surface area contributed by atoms with Crippen molar-refractivity contribution in [3.05, 3.63) is 23.0 Å². The smallest absolute Gasteiger partial charge is 0.270 e. The van der Waals surface area contributed by atoms with Gasteiger partial charge in [0, 0.05) is 37.9 Å². The molecular formula is C15H25N3O2. The first-order valence-electron chi connectivity index (χ1n) is 7.37. The lowest BCUT2D eigenvalue weighted by molar-refractivity contribution is 0.0468. The van der Waals surface area contributed by atoms with Crippen LogP contribution in [0.3, 0.4) is 0 Å². The quantitative estimate of drug-likeness (QED) is 0.869. The molecule has 1 unspecified atom stereocenters. The van der Waals surface area contributed by atoms with Crippen LogP contribution >= 0.6 is 0 Å². The lowest BCUT2D eigenvalue weighted by atomic mass is 10.1. The number of nitrogens with one attached hydrogen (secondary N) is 1. The van der Waals surface area contributed by atoms with Crippen molar-refractivity contribution in [2.75, 3.05) is 32.8 Å². The number of H-pyrrole nitrogens is 1. The van der Waals surface area contributed by atoms with Crippen molar-refractivity contribution in [3.8, 4) is 0 Å². The predicted octanol–water partition coefficient (Wildman–Crippen LogP) is 1.16. The van der Waals surface area contributed by atoms with Crippen LogP contribution in [0.2, 0.25) is 0 Å². The van der Waals surface area contributed by atoms with E-state index in [1.165, 1.54) is 0 Å². The summed E-state index contributed by atoms with van der Waals surface area (Å²) in [6, 6.07) is 2.23. The van der Waals surface area contributed by atoms with Crippen molar-refractivity contribution in [2.24, 2.45) is 0 Å². The van der Waals surface area contributed by atoms with Crippen molar-refractivity contribution >= 4 is 5.91 Å². The molecule has 1 saturated heterocycles. The summed E-state index contributed by atoms with van der Waals surface area (Å²) in [7, 11) is 0. The SMILES string of the molecule is CCC(CO)N1CCN(C(=O)c2[nH]c(C)cc2C)CC1. The minimum atomic E-state index is 0.0901. The fourth-order valence-electron chi connectivity index (χ4n) is 2.90. The molecule has 0 aromatic carbocycles. The van der Waals surface area contributed by atoms with Gasteiger partial charge in [-0.25, -0.2) is 0 Å². The molecular weight excluding hydrogens is 254 g/mol. The Balaban J connectivity index is 1.97. The number of piperazine rings is 1. The predicted molar refractivity (Wildman–Crippen MR) is 78.9 cm³/mol. The summed E-state index contributed by atoms with van der Waals surface area (Å²) in [6.07, 6.45) is 0.944. The fraction of sp³-hybridized carbons (Fsp3) is 0.667. The molecule has 2 rings (SSSR count). The van der Waals surface area contributed by atoms with Crippen LogP contribution in [0.25, 0.3) is 0 Å². The summed E-state index contributed by atoms with van der Waals surface area (Å²) in [5, 5.41) is 9.34. The fourth-order valence-corrected chi connectivity index (χ4v) is 2.90. The summed E-state index contributed by atoms with van der Waals surface area (Å²) in [4.78, 5) is 19.8. The van der Waals surface area contributed by atoms with E-state index in [0.29, 0.717) is 5.69 Å². The number of aryl methyl sites for hydroxylation is 2. The van der Waals surface area contributed by atoms with Gasteiger partial charge in [0.1, 0.15) is 5.69 Å². The van der Waals surface area contributed by atoms with Gasteiger partial charge in [-0.1, -0.05) is 6.92 Å². The average molecular weight is 279 g/mol. The van der Waals surface area contributed by atoms with Crippen LogP contribution in [0.15, 0.2) is 6.07 Å². The van der Waals surface area contributed by atoms with E-state index in [2.05, 4.69) is 16.8 Å². The largest absolute Gasteiger partial charge is 0.395 e. The number of rotatable bonds is 4. The molecule has 1 atom stereocenters.